The van der Waals surface area contributed by atoms with Crippen molar-refractivity contribution in [1.82, 2.24) is 5.23 Å². The monoisotopic (exact) mass is 561 g/mol. The predicted molar refractivity (Wildman–Crippen MR) is 115 cm³/mol. The number of rotatable bonds is 20. The molecule has 1 unspecified atom stereocenters. The van der Waals surface area contributed by atoms with Gasteiger partial charge >= 0.3 is 59.1 Å². The van der Waals surface area contributed by atoms with E-state index in [-0.39, 0.29) is 91.4 Å². The Morgan fingerprint density at radius 1 is 0.833 bits per heavy atom. The molecule has 0 saturated heterocycles. The fourth-order valence-corrected chi connectivity index (χ4v) is 3.16. The van der Waals surface area contributed by atoms with E-state index in [1.165, 1.54) is 38.5 Å². The zero-order chi connectivity index (χ0) is 26.4. The fraction of sp³-hybridized carbons (Fsp3) is 0.850. The number of aliphatic hydroxyl groups is 2. The molecule has 0 aliphatic rings. The van der Waals surface area contributed by atoms with Crippen LogP contribution in [0.3, 0.4) is 0 Å². The quantitative estimate of drug-likeness (QED) is 0.0547. The van der Waals surface area contributed by atoms with Crippen LogP contribution in [0.1, 0.15) is 77.6 Å². The number of unbranched alkanes of at least 4 members (excludes halogenated alkanes) is 8. The van der Waals surface area contributed by atoms with Gasteiger partial charge in [-0.1, -0.05) is 63.5 Å². The molecule has 1 atom stereocenters. The topological polar surface area (TPSA) is 214 Å². The minimum atomic E-state index is -4.94. The van der Waals surface area contributed by atoms with Crippen LogP contribution in [0, 0.1) is 0 Å². The van der Waals surface area contributed by atoms with E-state index in [4.69, 9.17) is 24.4 Å². The van der Waals surface area contributed by atoms with E-state index in [1.807, 2.05) is 0 Å². The Morgan fingerprint density at radius 2 is 1.25 bits per heavy atom. The molecule has 13 nitrogen and oxygen atoms in total. The number of carbonyl (C=O) groups excluding carboxylic acids is 3. The molecule has 3 N–H and O–H groups in total. The summed E-state index contributed by atoms with van der Waals surface area (Å²) in [6.07, 6.45) is 9.73. The first-order valence-electron chi connectivity index (χ1n) is 11.2. The maximum Gasteiger partial charge on any atom is 1.00 e. The van der Waals surface area contributed by atoms with Crippen molar-refractivity contribution >= 4 is 28.0 Å². The van der Waals surface area contributed by atoms with Gasteiger partial charge in [-0.25, -0.2) is 9.68 Å². The maximum atomic E-state index is 11.9. The number of amides is 1. The molecule has 0 saturated carbocycles. The Labute approximate surface area is 257 Å². The van der Waals surface area contributed by atoms with Crippen molar-refractivity contribution in [1.29, 1.82) is 0 Å². The molecule has 0 aliphatic heterocycles. The third-order valence-corrected chi connectivity index (χ3v) is 5.35. The van der Waals surface area contributed by atoms with Crippen LogP contribution in [0.2, 0.25) is 0 Å². The summed E-state index contributed by atoms with van der Waals surface area (Å²) in [4.78, 5) is 41.6. The second-order valence-corrected chi connectivity index (χ2v) is 8.84. The van der Waals surface area contributed by atoms with Crippen molar-refractivity contribution in [3.63, 3.8) is 0 Å². The number of carbonyl (C=O) groups is 3. The van der Waals surface area contributed by atoms with Crippen molar-refractivity contribution in [2.45, 2.75) is 82.8 Å². The van der Waals surface area contributed by atoms with Gasteiger partial charge in [0.2, 0.25) is 0 Å². The summed E-state index contributed by atoms with van der Waals surface area (Å²) >= 11 is 0. The van der Waals surface area contributed by atoms with Crippen molar-refractivity contribution in [2.75, 3.05) is 26.4 Å². The maximum absolute atomic E-state index is 11.9. The molecule has 0 heterocycles. The van der Waals surface area contributed by atoms with Gasteiger partial charge < -0.3 is 30.0 Å². The van der Waals surface area contributed by atoms with Gasteiger partial charge in [0.25, 0.3) is 16.0 Å². The van der Waals surface area contributed by atoms with Gasteiger partial charge in [0.15, 0.2) is 0 Å². The molecule has 0 radical (unpaired) electrons. The molecule has 0 aliphatic carbocycles. The summed E-state index contributed by atoms with van der Waals surface area (Å²) in [6, 6.07) is 0. The van der Waals surface area contributed by atoms with Crippen LogP contribution >= 0.6 is 0 Å². The summed E-state index contributed by atoms with van der Waals surface area (Å²) in [5.74, 6) is -4.35. The standard InChI is InChI=1S/C16H33NO5.C4H6O7S.2Na/c1-2-3-4-5-6-7-8-9-10-11-16(20)17(21-14-12-18)22-15-13-19;5-3(6)1-2(4(7)8)12(9,10)11;;/h18-19H,2-15H2,1H3;2H,1H2,(H,5,6)(H,7,8)(H,9,10,11);;/q;;2*+1/p-2. The third kappa shape index (κ3) is 27.2. The van der Waals surface area contributed by atoms with E-state index in [2.05, 4.69) is 6.92 Å². The van der Waals surface area contributed by atoms with Crippen molar-refractivity contribution < 1.29 is 117 Å². The first-order valence-corrected chi connectivity index (χ1v) is 12.7. The number of aliphatic carboxylic acids is 2. The van der Waals surface area contributed by atoms with Gasteiger partial charge in [-0.05, 0) is 6.42 Å². The summed E-state index contributed by atoms with van der Waals surface area (Å²) in [5.41, 5.74) is 0. The molecule has 1 amide bonds. The molecule has 0 fully saturated rings. The number of carboxylic acid groups (broad SMARTS) is 2. The van der Waals surface area contributed by atoms with E-state index in [0.717, 1.165) is 24.5 Å². The molecule has 16 heteroatoms. The number of carboxylic acids is 2. The molecule has 0 spiro atoms. The second kappa shape index (κ2) is 28.2. The van der Waals surface area contributed by atoms with Crippen LogP contribution in [-0.2, 0) is 34.2 Å². The first kappa shape index (κ1) is 43.2. The average molecular weight is 562 g/mol. The Balaban J connectivity index is -0.000000313. The normalized spacial score (nSPS) is 11.2. The molecule has 36 heavy (non-hydrogen) atoms. The number of hydrogen-bond donors (Lipinski definition) is 3. The second-order valence-electron chi connectivity index (χ2n) is 7.24. The van der Waals surface area contributed by atoms with Crippen molar-refractivity contribution in [2.24, 2.45) is 0 Å². The molecule has 0 aromatic heterocycles. The summed E-state index contributed by atoms with van der Waals surface area (Å²) in [7, 11) is -4.94. The largest absolute Gasteiger partial charge is 1.00 e. The van der Waals surface area contributed by atoms with E-state index in [0.29, 0.717) is 6.42 Å². The molecule has 0 aromatic carbocycles. The zero-order valence-corrected chi connectivity index (χ0v) is 26.4. The molecule has 0 aromatic rings. The van der Waals surface area contributed by atoms with Crippen LogP contribution in [0.5, 0.6) is 0 Å². The molecule has 202 valence electrons. The van der Waals surface area contributed by atoms with Gasteiger partial charge in [-0.15, -0.1) is 0 Å². The summed E-state index contributed by atoms with van der Waals surface area (Å²) in [6.45, 7) is 1.83. The molecular formula is C20H37NNa2O12S. The summed E-state index contributed by atoms with van der Waals surface area (Å²) < 4.78 is 28.5. The van der Waals surface area contributed by atoms with E-state index < -0.39 is 33.7 Å². The minimum Gasteiger partial charge on any atom is -0.550 e. The van der Waals surface area contributed by atoms with Crippen molar-refractivity contribution in [3.8, 4) is 0 Å². The Morgan fingerprint density at radius 3 is 1.56 bits per heavy atom. The third-order valence-electron chi connectivity index (χ3n) is 4.27. The van der Waals surface area contributed by atoms with Crippen LogP contribution < -0.4 is 69.3 Å². The van der Waals surface area contributed by atoms with E-state index in [1.54, 1.807) is 0 Å². The SMILES string of the molecule is CCCCCCCCCCCC(=O)N(OCCO)OCCO.O=C([O-])CC(C(=O)[O-])S(=O)(=O)O.[Na+].[Na+]. The number of nitrogens with zero attached hydrogens (tertiary/aromatic N) is 1. The number of hydrogen-bond acceptors (Lipinski definition) is 11. The smallest absolute Gasteiger partial charge is 0.550 e. The molecule has 0 rings (SSSR count). The van der Waals surface area contributed by atoms with Crippen LogP contribution in [0.4, 0.5) is 0 Å². The Bertz CT molecular complexity index is 659. The van der Waals surface area contributed by atoms with Crippen LogP contribution in [0.25, 0.3) is 0 Å². The van der Waals surface area contributed by atoms with Gasteiger partial charge in [0.05, 0.1) is 19.2 Å². The molecular weight excluding hydrogens is 524 g/mol. The first-order chi connectivity index (χ1) is 16.0. The minimum absolute atomic E-state index is 0. The van der Waals surface area contributed by atoms with Gasteiger partial charge in [-0.3, -0.25) is 9.35 Å². The average Bonchev–Trinajstić information content (AvgIpc) is 2.75. The van der Waals surface area contributed by atoms with Crippen molar-refractivity contribution in [3.05, 3.63) is 0 Å². The van der Waals surface area contributed by atoms with E-state index >= 15 is 0 Å². The Kier molecular flexibility index (Phi) is 33.8. The van der Waals surface area contributed by atoms with Gasteiger partial charge in [-0.2, -0.15) is 8.42 Å². The van der Waals surface area contributed by atoms with Crippen LogP contribution in [0.15, 0.2) is 0 Å². The number of hydroxylamine groups is 2. The van der Waals surface area contributed by atoms with Gasteiger partial charge in [0.1, 0.15) is 18.5 Å². The fourth-order valence-electron chi connectivity index (χ4n) is 2.57. The molecule has 0 bridgehead atoms. The van der Waals surface area contributed by atoms with Crippen LogP contribution in [-0.4, -0.2) is 77.9 Å². The predicted octanol–water partition coefficient (Wildman–Crippen LogP) is -7.28. The van der Waals surface area contributed by atoms with Gasteiger partial charge in [0, 0.05) is 18.8 Å². The zero-order valence-electron chi connectivity index (χ0n) is 21.6. The van der Waals surface area contributed by atoms with E-state index in [9.17, 15) is 33.0 Å². The number of aliphatic hydroxyl groups excluding tert-OH is 2. The summed E-state index contributed by atoms with van der Waals surface area (Å²) in [5, 5.41) is 35.5. The Hall–Kier alpha value is 0.160.